The summed E-state index contributed by atoms with van der Waals surface area (Å²) >= 11 is 0. The minimum atomic E-state index is -3.79. The molecule has 0 aliphatic carbocycles. The van der Waals surface area contributed by atoms with Crippen LogP contribution in [-0.2, 0) is 26.1 Å². The highest BCUT2D eigenvalue weighted by atomic mass is 32.2. The number of rotatable bonds is 11. The fourth-order valence-electron chi connectivity index (χ4n) is 2.78. The minimum Gasteiger partial charge on any atom is -0.488 e. The normalized spacial score (nSPS) is 11.5. The third kappa shape index (κ3) is 6.36. The Labute approximate surface area is 180 Å². The zero-order valence-electron chi connectivity index (χ0n) is 17.6. The molecule has 1 aromatic heterocycles. The Bertz CT molecular complexity index is 1070. The standard InChI is InChI=1S/C20H26FN3O6S/c1-4-24(5-2)31(27,28)16-7-9-20(26)23(13-16)14-19(25)22-15-6-8-18(17(21)12-15)30-11-10-29-3/h6-9,12-13H,4-5,10-11,14H2,1-3H3,(H,22,25). The second kappa shape index (κ2) is 11.0. The number of anilines is 1. The molecule has 170 valence electrons. The summed E-state index contributed by atoms with van der Waals surface area (Å²) < 4.78 is 51.7. The molecule has 0 saturated carbocycles. The molecule has 1 aromatic carbocycles. The van der Waals surface area contributed by atoms with E-state index in [-0.39, 0.29) is 36.0 Å². The van der Waals surface area contributed by atoms with Crippen molar-refractivity contribution >= 4 is 21.6 Å². The van der Waals surface area contributed by atoms with Crippen molar-refractivity contribution in [3.8, 4) is 5.75 Å². The largest absolute Gasteiger partial charge is 0.488 e. The maximum atomic E-state index is 14.1. The van der Waals surface area contributed by atoms with Gasteiger partial charge in [-0.25, -0.2) is 12.8 Å². The van der Waals surface area contributed by atoms with Crippen molar-refractivity contribution in [2.24, 2.45) is 0 Å². The number of methoxy groups -OCH3 is 1. The Kier molecular flexibility index (Phi) is 8.72. The first-order valence-electron chi connectivity index (χ1n) is 9.64. The number of ether oxygens (including phenoxy) is 2. The SMILES string of the molecule is CCN(CC)S(=O)(=O)c1ccc(=O)n(CC(=O)Nc2ccc(OCCOC)c(F)c2)c1. The van der Waals surface area contributed by atoms with E-state index in [2.05, 4.69) is 5.32 Å². The molecule has 0 atom stereocenters. The van der Waals surface area contributed by atoms with Gasteiger partial charge in [-0.05, 0) is 18.2 Å². The van der Waals surface area contributed by atoms with Crippen LogP contribution >= 0.6 is 0 Å². The molecule has 1 amide bonds. The number of nitrogens with one attached hydrogen (secondary N) is 1. The van der Waals surface area contributed by atoms with Gasteiger partial charge >= 0.3 is 0 Å². The third-order valence-corrected chi connectivity index (χ3v) is 6.41. The lowest BCUT2D eigenvalue weighted by Gasteiger charge is -2.19. The van der Waals surface area contributed by atoms with Crippen molar-refractivity contribution in [3.63, 3.8) is 0 Å². The van der Waals surface area contributed by atoms with Gasteiger partial charge in [0, 0.05) is 44.2 Å². The number of carbonyl (C=O) groups excluding carboxylic acids is 1. The Morgan fingerprint density at radius 3 is 2.48 bits per heavy atom. The van der Waals surface area contributed by atoms with Crippen LogP contribution in [0.25, 0.3) is 0 Å². The second-order valence-electron chi connectivity index (χ2n) is 6.45. The smallest absolute Gasteiger partial charge is 0.251 e. The van der Waals surface area contributed by atoms with Crippen LogP contribution in [0.2, 0.25) is 0 Å². The van der Waals surface area contributed by atoms with Crippen molar-refractivity contribution in [2.45, 2.75) is 25.3 Å². The van der Waals surface area contributed by atoms with E-state index < -0.39 is 33.9 Å². The molecule has 11 heteroatoms. The van der Waals surface area contributed by atoms with E-state index in [9.17, 15) is 22.4 Å². The molecule has 0 radical (unpaired) electrons. The minimum absolute atomic E-state index is 0.0144. The number of pyridine rings is 1. The zero-order chi connectivity index (χ0) is 23.0. The molecule has 31 heavy (non-hydrogen) atoms. The molecule has 2 aromatic rings. The summed E-state index contributed by atoms with van der Waals surface area (Å²) in [4.78, 5) is 24.4. The summed E-state index contributed by atoms with van der Waals surface area (Å²) in [7, 11) is -2.29. The van der Waals surface area contributed by atoms with Gasteiger partial charge in [0.15, 0.2) is 11.6 Å². The highest BCUT2D eigenvalue weighted by molar-refractivity contribution is 7.89. The Hall–Kier alpha value is -2.76. The van der Waals surface area contributed by atoms with Crippen LogP contribution in [0.4, 0.5) is 10.1 Å². The van der Waals surface area contributed by atoms with Gasteiger partial charge in [-0.3, -0.25) is 9.59 Å². The molecular formula is C20H26FN3O6S. The zero-order valence-corrected chi connectivity index (χ0v) is 18.4. The summed E-state index contributed by atoms with van der Waals surface area (Å²) in [6.45, 7) is 4.00. The number of nitrogens with zero attached hydrogens (tertiary/aromatic N) is 2. The van der Waals surface area contributed by atoms with E-state index >= 15 is 0 Å². The molecule has 0 aliphatic heterocycles. The number of hydrogen-bond donors (Lipinski definition) is 1. The summed E-state index contributed by atoms with van der Waals surface area (Å²) in [5.74, 6) is -1.27. The fourth-order valence-corrected chi connectivity index (χ4v) is 4.26. The molecule has 0 unspecified atom stereocenters. The molecule has 0 spiro atoms. The number of hydrogen-bond acceptors (Lipinski definition) is 6. The quantitative estimate of drug-likeness (QED) is 0.517. The predicted molar refractivity (Wildman–Crippen MR) is 113 cm³/mol. The number of sulfonamides is 1. The highest BCUT2D eigenvalue weighted by Crippen LogP contribution is 2.21. The number of aromatic nitrogens is 1. The van der Waals surface area contributed by atoms with Gasteiger partial charge in [-0.15, -0.1) is 0 Å². The molecule has 0 saturated heterocycles. The monoisotopic (exact) mass is 455 g/mol. The van der Waals surface area contributed by atoms with Crippen LogP contribution in [0.15, 0.2) is 46.2 Å². The van der Waals surface area contributed by atoms with Crippen LogP contribution < -0.4 is 15.6 Å². The molecule has 1 N–H and O–H groups in total. The van der Waals surface area contributed by atoms with Crippen molar-refractivity contribution in [3.05, 3.63) is 52.7 Å². The van der Waals surface area contributed by atoms with Gasteiger partial charge in [0.25, 0.3) is 5.56 Å². The fraction of sp³-hybridized carbons (Fsp3) is 0.400. The predicted octanol–water partition coefficient (Wildman–Crippen LogP) is 1.68. The van der Waals surface area contributed by atoms with Gasteiger partial charge in [0.05, 0.1) is 11.5 Å². The summed E-state index contributed by atoms with van der Waals surface area (Å²) in [6.07, 6.45) is 1.13. The van der Waals surface area contributed by atoms with Crippen LogP contribution in [-0.4, -0.2) is 56.6 Å². The molecule has 0 fully saturated rings. The van der Waals surface area contributed by atoms with Crippen molar-refractivity contribution in [1.82, 2.24) is 8.87 Å². The molecule has 2 rings (SSSR count). The van der Waals surface area contributed by atoms with Crippen LogP contribution in [0.5, 0.6) is 5.75 Å². The maximum absolute atomic E-state index is 14.1. The summed E-state index contributed by atoms with van der Waals surface area (Å²) in [5, 5.41) is 2.48. The second-order valence-corrected chi connectivity index (χ2v) is 8.39. The van der Waals surface area contributed by atoms with E-state index in [0.717, 1.165) is 22.9 Å². The lowest BCUT2D eigenvalue weighted by Crippen LogP contribution is -2.33. The molecule has 9 nitrogen and oxygen atoms in total. The van der Waals surface area contributed by atoms with E-state index in [1.54, 1.807) is 13.8 Å². The van der Waals surface area contributed by atoms with Crippen molar-refractivity contribution < 1.29 is 27.1 Å². The summed E-state index contributed by atoms with van der Waals surface area (Å²) in [5.41, 5.74) is -0.372. The Morgan fingerprint density at radius 2 is 1.87 bits per heavy atom. The van der Waals surface area contributed by atoms with E-state index in [1.807, 2.05) is 0 Å². The van der Waals surface area contributed by atoms with E-state index in [0.29, 0.717) is 6.61 Å². The Balaban J connectivity index is 2.14. The summed E-state index contributed by atoms with van der Waals surface area (Å²) in [6, 6.07) is 6.21. The van der Waals surface area contributed by atoms with Gasteiger partial charge in [0.1, 0.15) is 13.2 Å². The van der Waals surface area contributed by atoms with Gasteiger partial charge in [-0.2, -0.15) is 4.31 Å². The lowest BCUT2D eigenvalue weighted by molar-refractivity contribution is -0.116. The molecule has 0 bridgehead atoms. The van der Waals surface area contributed by atoms with Crippen LogP contribution in [0.1, 0.15) is 13.8 Å². The topological polar surface area (TPSA) is 107 Å². The number of benzene rings is 1. The molecular weight excluding hydrogens is 429 g/mol. The van der Waals surface area contributed by atoms with E-state index in [4.69, 9.17) is 9.47 Å². The highest BCUT2D eigenvalue weighted by Gasteiger charge is 2.22. The number of amides is 1. The number of carbonyl (C=O) groups is 1. The molecule has 0 aliphatic rings. The van der Waals surface area contributed by atoms with E-state index in [1.165, 1.54) is 29.6 Å². The lowest BCUT2D eigenvalue weighted by atomic mass is 10.3. The van der Waals surface area contributed by atoms with Crippen LogP contribution in [0.3, 0.4) is 0 Å². The third-order valence-electron chi connectivity index (χ3n) is 4.37. The Morgan fingerprint density at radius 1 is 1.16 bits per heavy atom. The van der Waals surface area contributed by atoms with Crippen molar-refractivity contribution in [2.75, 3.05) is 38.7 Å². The first kappa shape index (κ1) is 24.5. The molecule has 1 heterocycles. The average molecular weight is 456 g/mol. The average Bonchev–Trinajstić information content (AvgIpc) is 2.72. The van der Waals surface area contributed by atoms with Gasteiger partial charge in [-0.1, -0.05) is 13.8 Å². The first-order chi connectivity index (χ1) is 14.7. The van der Waals surface area contributed by atoms with Crippen LogP contribution in [0, 0.1) is 5.82 Å². The number of halogens is 1. The van der Waals surface area contributed by atoms with Crippen molar-refractivity contribution in [1.29, 1.82) is 0 Å². The first-order valence-corrected chi connectivity index (χ1v) is 11.1. The van der Waals surface area contributed by atoms with Gasteiger partial charge in [0.2, 0.25) is 15.9 Å². The van der Waals surface area contributed by atoms with Gasteiger partial charge < -0.3 is 19.4 Å². The maximum Gasteiger partial charge on any atom is 0.251 e.